The first-order valence-corrected chi connectivity index (χ1v) is 8.61. The predicted molar refractivity (Wildman–Crippen MR) is 103 cm³/mol. The van der Waals surface area contributed by atoms with Gasteiger partial charge in [0.25, 0.3) is 11.8 Å². The fraction of sp³-hybridized carbons (Fsp3) is 0.0909. The minimum absolute atomic E-state index is 0.234. The fourth-order valence-corrected chi connectivity index (χ4v) is 2.61. The first kappa shape index (κ1) is 18.3. The Bertz CT molecular complexity index is 925. The molecule has 27 heavy (non-hydrogen) atoms. The van der Waals surface area contributed by atoms with Gasteiger partial charge in [-0.05, 0) is 54.4 Å². The molecule has 0 aliphatic rings. The highest BCUT2D eigenvalue weighted by Gasteiger charge is 2.11. The van der Waals surface area contributed by atoms with Crippen molar-refractivity contribution in [3.63, 3.8) is 0 Å². The topological polar surface area (TPSA) is 58.2 Å². The average molecular weight is 362 g/mol. The van der Waals surface area contributed by atoms with Crippen LogP contribution >= 0.6 is 0 Å². The van der Waals surface area contributed by atoms with E-state index in [1.54, 1.807) is 18.2 Å². The number of hydrogen-bond donors (Lipinski definition) is 2. The number of rotatable bonds is 6. The Morgan fingerprint density at radius 2 is 1.44 bits per heavy atom. The Labute approximate surface area is 157 Å². The molecule has 0 aliphatic heterocycles. The third-order valence-electron chi connectivity index (χ3n) is 4.03. The summed E-state index contributed by atoms with van der Waals surface area (Å²) in [5, 5.41) is 5.54. The maximum atomic E-state index is 12.9. The number of nitrogens with one attached hydrogen (secondary N) is 2. The van der Waals surface area contributed by atoms with Crippen molar-refractivity contribution in [3.05, 3.63) is 101 Å². The molecule has 0 spiro atoms. The molecule has 0 heterocycles. The minimum atomic E-state index is -0.373. The molecular formula is C22H19FN2O2. The van der Waals surface area contributed by atoms with Crippen LogP contribution in [0.4, 0.5) is 10.1 Å². The number of carbonyl (C=O) groups excluding carboxylic acids is 2. The zero-order valence-electron chi connectivity index (χ0n) is 14.6. The Hall–Kier alpha value is -3.47. The fourth-order valence-electron chi connectivity index (χ4n) is 2.61. The van der Waals surface area contributed by atoms with Crippen molar-refractivity contribution < 1.29 is 14.0 Å². The Kier molecular flexibility index (Phi) is 5.94. The molecule has 2 N–H and O–H groups in total. The monoisotopic (exact) mass is 362 g/mol. The van der Waals surface area contributed by atoms with Crippen LogP contribution in [0.1, 0.15) is 26.3 Å². The van der Waals surface area contributed by atoms with E-state index < -0.39 is 0 Å². The summed E-state index contributed by atoms with van der Waals surface area (Å²) in [7, 11) is 0. The van der Waals surface area contributed by atoms with Gasteiger partial charge in [-0.25, -0.2) is 4.39 Å². The van der Waals surface area contributed by atoms with Crippen molar-refractivity contribution in [2.24, 2.45) is 0 Å². The lowest BCUT2D eigenvalue weighted by atomic mass is 10.1. The quantitative estimate of drug-likeness (QED) is 0.695. The van der Waals surface area contributed by atoms with E-state index in [1.807, 2.05) is 30.3 Å². The molecule has 3 aromatic carbocycles. The SMILES string of the molecule is O=C(NCCc1ccccc1)c1cccc(C(=O)Nc2ccc(F)cc2)c1. The van der Waals surface area contributed by atoms with Gasteiger partial charge < -0.3 is 10.6 Å². The van der Waals surface area contributed by atoms with Gasteiger partial charge in [0.05, 0.1) is 0 Å². The molecule has 0 fully saturated rings. The van der Waals surface area contributed by atoms with E-state index in [1.165, 1.54) is 30.3 Å². The minimum Gasteiger partial charge on any atom is -0.352 e. The number of benzene rings is 3. The molecule has 0 saturated carbocycles. The normalized spacial score (nSPS) is 10.3. The maximum Gasteiger partial charge on any atom is 0.255 e. The second-order valence-corrected chi connectivity index (χ2v) is 6.03. The number of amides is 2. The molecular weight excluding hydrogens is 343 g/mol. The standard InChI is InChI=1S/C22H19FN2O2/c23-19-9-11-20(12-10-19)25-22(27)18-8-4-7-17(15-18)21(26)24-14-13-16-5-2-1-3-6-16/h1-12,15H,13-14H2,(H,24,26)(H,25,27). The summed E-state index contributed by atoms with van der Waals surface area (Å²) in [4.78, 5) is 24.7. The van der Waals surface area contributed by atoms with Crippen molar-refractivity contribution in [2.45, 2.75) is 6.42 Å². The summed E-state index contributed by atoms with van der Waals surface area (Å²) >= 11 is 0. The van der Waals surface area contributed by atoms with Gasteiger partial charge in [-0.2, -0.15) is 0 Å². The summed E-state index contributed by atoms with van der Waals surface area (Å²) in [5.74, 6) is -0.968. The highest BCUT2D eigenvalue weighted by atomic mass is 19.1. The maximum absolute atomic E-state index is 12.9. The molecule has 136 valence electrons. The van der Waals surface area contributed by atoms with E-state index in [0.29, 0.717) is 23.4 Å². The van der Waals surface area contributed by atoms with Crippen LogP contribution in [0.25, 0.3) is 0 Å². The Morgan fingerprint density at radius 1 is 0.778 bits per heavy atom. The van der Waals surface area contributed by atoms with Gasteiger partial charge in [0.1, 0.15) is 5.82 Å². The van der Waals surface area contributed by atoms with Gasteiger partial charge in [-0.1, -0.05) is 36.4 Å². The van der Waals surface area contributed by atoms with Gasteiger partial charge in [-0.3, -0.25) is 9.59 Å². The summed E-state index contributed by atoms with van der Waals surface area (Å²) < 4.78 is 12.9. The van der Waals surface area contributed by atoms with Gasteiger partial charge in [0, 0.05) is 23.4 Å². The molecule has 0 aromatic heterocycles. The lowest BCUT2D eigenvalue weighted by Crippen LogP contribution is -2.26. The third-order valence-corrected chi connectivity index (χ3v) is 4.03. The summed E-state index contributed by atoms with van der Waals surface area (Å²) in [5.41, 5.74) is 2.40. The largest absolute Gasteiger partial charge is 0.352 e. The lowest BCUT2D eigenvalue weighted by Gasteiger charge is -2.08. The molecule has 0 aliphatic carbocycles. The van der Waals surface area contributed by atoms with Crippen molar-refractivity contribution in [1.82, 2.24) is 5.32 Å². The van der Waals surface area contributed by atoms with Gasteiger partial charge in [0.2, 0.25) is 0 Å². The molecule has 0 radical (unpaired) electrons. The first-order chi connectivity index (χ1) is 13.1. The van der Waals surface area contributed by atoms with Crippen LogP contribution in [0.3, 0.4) is 0 Å². The summed E-state index contributed by atoms with van der Waals surface area (Å²) in [6.07, 6.45) is 0.733. The molecule has 0 atom stereocenters. The second kappa shape index (κ2) is 8.76. The van der Waals surface area contributed by atoms with E-state index in [0.717, 1.165) is 12.0 Å². The Balaban J connectivity index is 1.59. The van der Waals surface area contributed by atoms with E-state index >= 15 is 0 Å². The van der Waals surface area contributed by atoms with Gasteiger partial charge in [0.15, 0.2) is 0 Å². The molecule has 2 amide bonds. The van der Waals surface area contributed by atoms with Crippen LogP contribution in [0, 0.1) is 5.82 Å². The van der Waals surface area contributed by atoms with Crippen molar-refractivity contribution in [3.8, 4) is 0 Å². The van der Waals surface area contributed by atoms with E-state index in [-0.39, 0.29) is 17.6 Å². The zero-order chi connectivity index (χ0) is 19.1. The van der Waals surface area contributed by atoms with Crippen molar-refractivity contribution in [1.29, 1.82) is 0 Å². The van der Waals surface area contributed by atoms with Gasteiger partial charge in [-0.15, -0.1) is 0 Å². The van der Waals surface area contributed by atoms with Crippen LogP contribution < -0.4 is 10.6 Å². The smallest absolute Gasteiger partial charge is 0.255 e. The summed E-state index contributed by atoms with van der Waals surface area (Å²) in [6, 6.07) is 21.9. The van der Waals surface area contributed by atoms with Crippen molar-refractivity contribution in [2.75, 3.05) is 11.9 Å². The number of halogens is 1. The molecule has 3 rings (SSSR count). The van der Waals surface area contributed by atoms with Crippen LogP contribution in [-0.2, 0) is 6.42 Å². The molecule has 3 aromatic rings. The number of carbonyl (C=O) groups is 2. The van der Waals surface area contributed by atoms with Gasteiger partial charge >= 0.3 is 0 Å². The second-order valence-electron chi connectivity index (χ2n) is 6.03. The lowest BCUT2D eigenvalue weighted by molar-refractivity contribution is 0.0954. The highest BCUT2D eigenvalue weighted by molar-refractivity contribution is 6.06. The first-order valence-electron chi connectivity index (χ1n) is 8.61. The molecule has 0 unspecified atom stereocenters. The highest BCUT2D eigenvalue weighted by Crippen LogP contribution is 2.12. The van der Waals surface area contributed by atoms with Crippen LogP contribution in [0.15, 0.2) is 78.9 Å². The Morgan fingerprint density at radius 3 is 2.15 bits per heavy atom. The number of anilines is 1. The number of hydrogen-bond acceptors (Lipinski definition) is 2. The van der Waals surface area contributed by atoms with Crippen LogP contribution in [0.5, 0.6) is 0 Å². The average Bonchev–Trinajstić information content (AvgIpc) is 2.70. The molecule has 0 bridgehead atoms. The zero-order valence-corrected chi connectivity index (χ0v) is 14.6. The van der Waals surface area contributed by atoms with Crippen molar-refractivity contribution >= 4 is 17.5 Å². The van der Waals surface area contributed by atoms with E-state index in [9.17, 15) is 14.0 Å². The van der Waals surface area contributed by atoms with Crippen LogP contribution in [0.2, 0.25) is 0 Å². The molecule has 0 saturated heterocycles. The van der Waals surface area contributed by atoms with E-state index in [2.05, 4.69) is 10.6 Å². The summed E-state index contributed by atoms with van der Waals surface area (Å²) in [6.45, 7) is 0.509. The molecule has 5 heteroatoms. The molecule has 4 nitrogen and oxygen atoms in total. The predicted octanol–water partition coefficient (Wildman–Crippen LogP) is 4.05. The van der Waals surface area contributed by atoms with Crippen LogP contribution in [-0.4, -0.2) is 18.4 Å². The van der Waals surface area contributed by atoms with E-state index in [4.69, 9.17) is 0 Å². The third kappa shape index (κ3) is 5.25.